The van der Waals surface area contributed by atoms with Gasteiger partial charge in [0.2, 0.25) is 0 Å². The number of carboxylic acids is 1. The van der Waals surface area contributed by atoms with Crippen LogP contribution in [0.3, 0.4) is 0 Å². The van der Waals surface area contributed by atoms with E-state index in [1.807, 2.05) is 0 Å². The molecule has 0 atom stereocenters. The van der Waals surface area contributed by atoms with E-state index in [0.29, 0.717) is 0 Å². The van der Waals surface area contributed by atoms with Crippen molar-refractivity contribution in [3.05, 3.63) is 0 Å². The molecule has 0 bridgehead atoms. The average Bonchev–Trinajstić information content (AvgIpc) is 3.00. The summed E-state index contributed by atoms with van der Waals surface area (Å²) in [4.78, 5) is 13.4. The third-order valence-electron chi connectivity index (χ3n) is 9.51. The first-order valence-corrected chi connectivity index (χ1v) is 20.1. The third kappa shape index (κ3) is 40.5. The molecule has 0 spiro atoms. The van der Waals surface area contributed by atoms with E-state index in [1.54, 1.807) is 0 Å². The molecule has 0 radical (unpaired) electrons. The van der Waals surface area contributed by atoms with Crippen LogP contribution in [0.4, 0.5) is 0 Å². The van der Waals surface area contributed by atoms with E-state index >= 15 is 0 Å². The first-order valence-electron chi connectivity index (χ1n) is 20.1. The predicted molar refractivity (Wildman–Crippen MR) is 190 cm³/mol. The van der Waals surface area contributed by atoms with E-state index in [2.05, 4.69) is 18.7 Å². The number of nitrogens with zero attached hydrogens (tertiary/aromatic N) is 1. The number of carbonyl (C=O) groups excluding carboxylic acids is 1. The zero-order valence-electron chi connectivity index (χ0n) is 30.9. The molecule has 3 nitrogen and oxygen atoms in total. The Balaban J connectivity index is 0. The van der Waals surface area contributed by atoms with E-state index in [4.69, 9.17) is 0 Å². The van der Waals surface area contributed by atoms with Crippen molar-refractivity contribution in [2.45, 2.75) is 232 Å². The van der Waals surface area contributed by atoms with Crippen molar-refractivity contribution in [1.29, 1.82) is 0 Å². The van der Waals surface area contributed by atoms with Crippen LogP contribution in [-0.2, 0) is 4.79 Å². The monoisotopic (exact) mass is 630 g/mol. The Bertz CT molecular complexity index is 494. The van der Waals surface area contributed by atoms with Crippen LogP contribution >= 0.6 is 0 Å². The summed E-state index contributed by atoms with van der Waals surface area (Å²) in [7, 11) is 0. The van der Waals surface area contributed by atoms with Gasteiger partial charge in [-0.15, -0.1) is 0 Å². The maximum Gasteiger partial charge on any atom is 1.00 e. The molecular weight excluding hydrogens is 549 g/mol. The summed E-state index contributed by atoms with van der Waals surface area (Å²) in [6, 6.07) is 0. The molecule has 4 heteroatoms. The molecule has 0 aliphatic carbocycles. The summed E-state index contributed by atoms with van der Waals surface area (Å²) in [5, 5.41) is 10.9. The molecule has 44 heavy (non-hydrogen) atoms. The number of hydrogen-bond donors (Lipinski definition) is 0. The fraction of sp³-hybridized carbons (Fsp3) is 0.975. The first-order chi connectivity index (χ1) is 21.2. The molecule has 0 fully saturated rings. The van der Waals surface area contributed by atoms with Crippen LogP contribution in [0.5, 0.6) is 0 Å². The average molecular weight is 630 g/mol. The number of hydrogen-bond acceptors (Lipinski definition) is 3. The molecule has 0 amide bonds. The molecule has 0 aliphatic rings. The Morgan fingerprint density at radius 1 is 0.364 bits per heavy atom. The summed E-state index contributed by atoms with van der Waals surface area (Å²) < 4.78 is 0. The second-order valence-corrected chi connectivity index (χ2v) is 13.9. The molecule has 0 aromatic heterocycles. The van der Waals surface area contributed by atoms with Gasteiger partial charge >= 0.3 is 29.6 Å². The van der Waals surface area contributed by atoms with E-state index in [0.717, 1.165) is 26.1 Å². The van der Waals surface area contributed by atoms with E-state index in [-0.39, 0.29) is 36.0 Å². The normalized spacial score (nSPS) is 11.3. The standard InChI is InChI=1S/C40H81NO2.Na/c1-3-5-7-9-11-13-15-17-19-21-23-25-27-29-31-33-37-41(39-35-36-40(42)43)38-34-32-30-28-26-24-22-20-18-16-14-12-10-8-6-4-2;/h3-39H2,1-2H3,(H,42,43);/q;+1/p-1. The third-order valence-corrected chi connectivity index (χ3v) is 9.51. The van der Waals surface area contributed by atoms with Gasteiger partial charge in [0.1, 0.15) is 0 Å². The van der Waals surface area contributed by atoms with Crippen LogP contribution in [0.1, 0.15) is 232 Å². The molecule has 0 N–H and O–H groups in total. The molecule has 0 unspecified atom stereocenters. The van der Waals surface area contributed by atoms with Crippen LogP contribution in [0.25, 0.3) is 0 Å². The van der Waals surface area contributed by atoms with Crippen LogP contribution in [0.15, 0.2) is 0 Å². The van der Waals surface area contributed by atoms with Gasteiger partial charge in [0.25, 0.3) is 0 Å². The van der Waals surface area contributed by atoms with Crippen LogP contribution in [0.2, 0.25) is 0 Å². The van der Waals surface area contributed by atoms with Gasteiger partial charge in [-0.05, 0) is 45.3 Å². The minimum absolute atomic E-state index is 0. The molecule has 0 saturated heterocycles. The van der Waals surface area contributed by atoms with Gasteiger partial charge in [-0.2, -0.15) is 0 Å². The minimum atomic E-state index is -0.898. The topological polar surface area (TPSA) is 43.4 Å². The van der Waals surface area contributed by atoms with Gasteiger partial charge in [0.05, 0.1) is 0 Å². The maximum absolute atomic E-state index is 10.9. The fourth-order valence-electron chi connectivity index (χ4n) is 6.55. The number of unbranched alkanes of at least 4 members (excludes halogenated alkanes) is 30. The SMILES string of the molecule is CCCCCCCCCCCCCCCCCCN(CCCCCCCCCCCCCCCCCC)CCCC(=O)[O-].[Na+]. The molecule has 0 aliphatic heterocycles. The summed E-state index contributed by atoms with van der Waals surface area (Å²) in [5.74, 6) is -0.898. The van der Waals surface area contributed by atoms with Gasteiger partial charge in [-0.1, -0.05) is 206 Å². The smallest absolute Gasteiger partial charge is 0.550 e. The van der Waals surface area contributed by atoms with Crippen LogP contribution in [0, 0.1) is 0 Å². The fourth-order valence-corrected chi connectivity index (χ4v) is 6.55. The Morgan fingerprint density at radius 3 is 0.795 bits per heavy atom. The second-order valence-electron chi connectivity index (χ2n) is 13.9. The molecule has 258 valence electrons. The summed E-state index contributed by atoms with van der Waals surface area (Å²) in [5.41, 5.74) is 0. The molecule has 0 aromatic rings. The van der Waals surface area contributed by atoms with Crippen LogP contribution in [-0.4, -0.2) is 30.5 Å². The summed E-state index contributed by atoms with van der Waals surface area (Å²) in [6.45, 7) is 7.80. The van der Waals surface area contributed by atoms with Crippen LogP contribution < -0.4 is 34.7 Å². The van der Waals surface area contributed by atoms with Crippen molar-refractivity contribution in [1.82, 2.24) is 4.90 Å². The number of rotatable bonds is 38. The van der Waals surface area contributed by atoms with Crippen molar-refractivity contribution in [2.24, 2.45) is 0 Å². The summed E-state index contributed by atoms with van der Waals surface area (Å²) >= 11 is 0. The Morgan fingerprint density at radius 2 is 0.568 bits per heavy atom. The Hall–Kier alpha value is 0.430. The molecule has 0 saturated carbocycles. The maximum atomic E-state index is 10.9. The van der Waals surface area contributed by atoms with E-state index < -0.39 is 5.97 Å². The number of carboxylic acid groups (broad SMARTS) is 1. The van der Waals surface area contributed by atoms with Crippen molar-refractivity contribution >= 4 is 5.97 Å². The predicted octanol–water partition coefficient (Wildman–Crippen LogP) is 9.35. The van der Waals surface area contributed by atoms with E-state index in [1.165, 1.54) is 205 Å². The molecule has 0 rings (SSSR count). The Labute approximate surface area is 300 Å². The van der Waals surface area contributed by atoms with Gasteiger partial charge < -0.3 is 14.8 Å². The first kappa shape index (κ1) is 46.5. The summed E-state index contributed by atoms with van der Waals surface area (Å²) in [6.07, 6.45) is 46.0. The van der Waals surface area contributed by atoms with Gasteiger partial charge in [-0.25, -0.2) is 0 Å². The molecular formula is C40H80NNaO2. The largest absolute Gasteiger partial charge is 1.00 e. The molecule has 0 aromatic carbocycles. The van der Waals surface area contributed by atoms with Gasteiger partial charge in [0.15, 0.2) is 0 Å². The van der Waals surface area contributed by atoms with Crippen molar-refractivity contribution < 1.29 is 39.5 Å². The zero-order valence-corrected chi connectivity index (χ0v) is 32.9. The van der Waals surface area contributed by atoms with Gasteiger partial charge in [-0.3, -0.25) is 0 Å². The second kappa shape index (κ2) is 41.5. The Kier molecular flexibility index (Phi) is 43.9. The number of carbonyl (C=O) groups is 1. The zero-order chi connectivity index (χ0) is 31.3. The van der Waals surface area contributed by atoms with E-state index in [9.17, 15) is 9.90 Å². The van der Waals surface area contributed by atoms with Crippen molar-refractivity contribution in [3.63, 3.8) is 0 Å². The molecule has 0 heterocycles. The quantitative estimate of drug-likeness (QED) is 0.0505. The minimum Gasteiger partial charge on any atom is -0.550 e. The van der Waals surface area contributed by atoms with Crippen molar-refractivity contribution in [2.75, 3.05) is 19.6 Å². The van der Waals surface area contributed by atoms with Gasteiger partial charge in [0, 0.05) is 5.97 Å². The number of aliphatic carboxylic acids is 1. The van der Waals surface area contributed by atoms with Crippen molar-refractivity contribution in [3.8, 4) is 0 Å².